The lowest BCUT2D eigenvalue weighted by Crippen LogP contribution is -2.26. The van der Waals surface area contributed by atoms with Crippen LogP contribution in [0.3, 0.4) is 0 Å². The maximum absolute atomic E-state index is 10.6. The molecule has 10 heavy (non-hydrogen) atoms. The van der Waals surface area contributed by atoms with E-state index in [1.807, 2.05) is 13.8 Å². The summed E-state index contributed by atoms with van der Waals surface area (Å²) in [6.07, 6.45) is 1.48. The van der Waals surface area contributed by atoms with Crippen LogP contribution in [0.1, 0.15) is 33.6 Å². The highest BCUT2D eigenvalue weighted by Crippen LogP contribution is 1.91. The predicted molar refractivity (Wildman–Crippen MR) is 39.3 cm³/mol. The molecule has 0 rings (SSSR count). The Morgan fingerprint density at radius 1 is 1.60 bits per heavy atom. The van der Waals surface area contributed by atoms with Gasteiger partial charge in [0, 0.05) is 6.42 Å². The van der Waals surface area contributed by atoms with Crippen LogP contribution in [0.5, 0.6) is 0 Å². The van der Waals surface area contributed by atoms with Gasteiger partial charge in [0.1, 0.15) is 0 Å². The molecular formula is C7H15NO2. The third-order valence-electron chi connectivity index (χ3n) is 1.27. The van der Waals surface area contributed by atoms with Crippen LogP contribution in [-0.4, -0.2) is 12.0 Å². The smallest absolute Gasteiger partial charge is 0.243 e. The molecule has 0 aliphatic rings. The van der Waals surface area contributed by atoms with Crippen LogP contribution in [0, 0.1) is 0 Å². The fourth-order valence-corrected chi connectivity index (χ4v) is 0.322. The number of rotatable bonds is 4. The number of hydroxylamine groups is 1. The standard InChI is InChI=1S/C7H15NO2/c1-4-6(3)10-8-7(9)5-2/h6H,4-5H2,1-3H3,(H,8,9). The number of carbonyl (C=O) groups is 1. The van der Waals surface area contributed by atoms with Gasteiger partial charge in [-0.25, -0.2) is 5.48 Å². The highest BCUT2D eigenvalue weighted by molar-refractivity contribution is 5.74. The van der Waals surface area contributed by atoms with Crippen LogP contribution in [0.2, 0.25) is 0 Å². The van der Waals surface area contributed by atoms with E-state index in [1.165, 1.54) is 0 Å². The van der Waals surface area contributed by atoms with Gasteiger partial charge in [-0.1, -0.05) is 13.8 Å². The Morgan fingerprint density at radius 2 is 2.20 bits per heavy atom. The van der Waals surface area contributed by atoms with Gasteiger partial charge < -0.3 is 0 Å². The van der Waals surface area contributed by atoms with Crippen molar-refractivity contribution in [3.63, 3.8) is 0 Å². The van der Waals surface area contributed by atoms with Crippen LogP contribution in [-0.2, 0) is 9.63 Å². The van der Waals surface area contributed by atoms with Crippen LogP contribution >= 0.6 is 0 Å². The Labute approximate surface area is 61.7 Å². The number of hydrogen-bond acceptors (Lipinski definition) is 2. The zero-order valence-electron chi connectivity index (χ0n) is 6.81. The lowest BCUT2D eigenvalue weighted by Gasteiger charge is -2.09. The fourth-order valence-electron chi connectivity index (χ4n) is 0.322. The Hall–Kier alpha value is -0.570. The van der Waals surface area contributed by atoms with Gasteiger partial charge in [0.25, 0.3) is 0 Å². The van der Waals surface area contributed by atoms with Crippen molar-refractivity contribution in [2.24, 2.45) is 0 Å². The molecule has 0 heterocycles. The molecule has 0 aromatic heterocycles. The molecule has 60 valence electrons. The van der Waals surface area contributed by atoms with E-state index in [0.29, 0.717) is 6.42 Å². The van der Waals surface area contributed by atoms with E-state index in [4.69, 9.17) is 4.84 Å². The quantitative estimate of drug-likeness (QED) is 0.604. The Kier molecular flexibility index (Phi) is 4.94. The van der Waals surface area contributed by atoms with E-state index in [2.05, 4.69) is 5.48 Å². The van der Waals surface area contributed by atoms with Gasteiger partial charge in [0.05, 0.1) is 6.10 Å². The summed E-state index contributed by atoms with van der Waals surface area (Å²) in [7, 11) is 0. The average molecular weight is 145 g/mol. The van der Waals surface area contributed by atoms with E-state index >= 15 is 0 Å². The molecule has 0 aromatic rings. The molecule has 0 saturated carbocycles. The molecule has 3 heteroatoms. The summed E-state index contributed by atoms with van der Waals surface area (Å²) in [5.74, 6) is -0.0692. The zero-order valence-corrected chi connectivity index (χ0v) is 6.81. The maximum Gasteiger partial charge on any atom is 0.243 e. The van der Waals surface area contributed by atoms with Gasteiger partial charge >= 0.3 is 0 Å². The SMILES string of the molecule is CCC(=O)NOC(C)CC. The van der Waals surface area contributed by atoms with Crippen molar-refractivity contribution < 1.29 is 9.63 Å². The Bertz CT molecular complexity index is 104. The average Bonchev–Trinajstić information content (AvgIpc) is 1.99. The van der Waals surface area contributed by atoms with E-state index < -0.39 is 0 Å². The van der Waals surface area contributed by atoms with Gasteiger partial charge in [0.15, 0.2) is 0 Å². The first-order valence-corrected chi connectivity index (χ1v) is 3.65. The summed E-state index contributed by atoms with van der Waals surface area (Å²) in [6, 6.07) is 0. The molecule has 1 N–H and O–H groups in total. The molecule has 1 amide bonds. The predicted octanol–water partition coefficient (Wildman–Crippen LogP) is 1.24. The van der Waals surface area contributed by atoms with Gasteiger partial charge in [-0.05, 0) is 13.3 Å². The summed E-state index contributed by atoms with van der Waals surface area (Å²) in [5.41, 5.74) is 2.34. The number of nitrogens with one attached hydrogen (secondary N) is 1. The van der Waals surface area contributed by atoms with Crippen molar-refractivity contribution >= 4 is 5.91 Å². The van der Waals surface area contributed by atoms with E-state index in [1.54, 1.807) is 6.92 Å². The minimum Gasteiger partial charge on any atom is -0.273 e. The zero-order chi connectivity index (χ0) is 7.98. The van der Waals surface area contributed by atoms with E-state index in [9.17, 15) is 4.79 Å². The number of carbonyl (C=O) groups excluding carboxylic acids is 1. The van der Waals surface area contributed by atoms with Gasteiger partial charge in [-0.3, -0.25) is 9.63 Å². The summed E-state index contributed by atoms with van der Waals surface area (Å²) in [5, 5.41) is 0. The fraction of sp³-hybridized carbons (Fsp3) is 0.857. The van der Waals surface area contributed by atoms with Crippen LogP contribution in [0.4, 0.5) is 0 Å². The molecule has 0 radical (unpaired) electrons. The minimum absolute atomic E-state index is 0.0692. The second kappa shape index (κ2) is 5.23. The maximum atomic E-state index is 10.6. The number of hydrogen-bond donors (Lipinski definition) is 1. The van der Waals surface area contributed by atoms with Gasteiger partial charge in [0.2, 0.25) is 5.91 Å². The first kappa shape index (κ1) is 9.43. The largest absolute Gasteiger partial charge is 0.273 e. The Balaban J connectivity index is 3.26. The van der Waals surface area contributed by atoms with Crippen molar-refractivity contribution in [3.8, 4) is 0 Å². The topological polar surface area (TPSA) is 38.3 Å². The molecule has 0 spiro atoms. The molecule has 0 aliphatic carbocycles. The van der Waals surface area contributed by atoms with Crippen molar-refractivity contribution in [3.05, 3.63) is 0 Å². The molecule has 1 atom stereocenters. The highest BCUT2D eigenvalue weighted by Gasteiger charge is 2.00. The lowest BCUT2D eigenvalue weighted by molar-refractivity contribution is -0.137. The van der Waals surface area contributed by atoms with Crippen LogP contribution < -0.4 is 5.48 Å². The molecule has 0 bridgehead atoms. The Morgan fingerprint density at radius 3 is 2.60 bits per heavy atom. The third-order valence-corrected chi connectivity index (χ3v) is 1.27. The summed E-state index contributed by atoms with van der Waals surface area (Å²) in [6.45, 7) is 5.70. The highest BCUT2D eigenvalue weighted by atomic mass is 16.7. The molecule has 0 fully saturated rings. The molecule has 0 saturated heterocycles. The van der Waals surface area contributed by atoms with Crippen LogP contribution in [0.15, 0.2) is 0 Å². The van der Waals surface area contributed by atoms with Crippen molar-refractivity contribution in [2.75, 3.05) is 0 Å². The summed E-state index contributed by atoms with van der Waals surface area (Å²) in [4.78, 5) is 15.5. The second-order valence-electron chi connectivity index (χ2n) is 2.22. The first-order chi connectivity index (χ1) is 4.70. The first-order valence-electron chi connectivity index (χ1n) is 3.65. The molecular weight excluding hydrogens is 130 g/mol. The molecule has 3 nitrogen and oxygen atoms in total. The van der Waals surface area contributed by atoms with E-state index in [-0.39, 0.29) is 12.0 Å². The third kappa shape index (κ3) is 4.32. The van der Waals surface area contributed by atoms with Gasteiger partial charge in [-0.15, -0.1) is 0 Å². The van der Waals surface area contributed by atoms with Crippen molar-refractivity contribution in [1.29, 1.82) is 0 Å². The van der Waals surface area contributed by atoms with E-state index in [0.717, 1.165) is 6.42 Å². The molecule has 0 aliphatic heterocycles. The minimum atomic E-state index is -0.0692. The van der Waals surface area contributed by atoms with Gasteiger partial charge in [-0.2, -0.15) is 0 Å². The normalized spacial score (nSPS) is 12.7. The number of amides is 1. The van der Waals surface area contributed by atoms with Crippen molar-refractivity contribution in [2.45, 2.75) is 39.7 Å². The monoisotopic (exact) mass is 145 g/mol. The van der Waals surface area contributed by atoms with Crippen molar-refractivity contribution in [1.82, 2.24) is 5.48 Å². The summed E-state index contributed by atoms with van der Waals surface area (Å²) >= 11 is 0. The second-order valence-corrected chi connectivity index (χ2v) is 2.22. The molecule has 0 aromatic carbocycles. The summed E-state index contributed by atoms with van der Waals surface area (Å²) < 4.78 is 0. The lowest BCUT2D eigenvalue weighted by atomic mass is 10.3. The van der Waals surface area contributed by atoms with Crippen LogP contribution in [0.25, 0.3) is 0 Å². The molecule has 1 unspecified atom stereocenters.